The summed E-state index contributed by atoms with van der Waals surface area (Å²) in [4.78, 5) is 45.6. The molecule has 2 aromatic carbocycles. The van der Waals surface area contributed by atoms with Crippen LogP contribution in [0.4, 0.5) is 0 Å². The summed E-state index contributed by atoms with van der Waals surface area (Å²) in [6, 6.07) is 14.7. The molecule has 2 aliphatic carbocycles. The van der Waals surface area contributed by atoms with Gasteiger partial charge in [0, 0.05) is 30.7 Å². The van der Waals surface area contributed by atoms with Crippen LogP contribution in [-0.4, -0.2) is 58.9 Å². The van der Waals surface area contributed by atoms with E-state index in [1.807, 2.05) is 30.3 Å². The first-order chi connectivity index (χ1) is 19.3. The second kappa shape index (κ2) is 12.9. The average Bonchev–Trinajstić information content (AvgIpc) is 3.50. The summed E-state index contributed by atoms with van der Waals surface area (Å²) >= 11 is 12.3. The van der Waals surface area contributed by atoms with Crippen molar-refractivity contribution in [2.45, 2.75) is 82.0 Å². The van der Waals surface area contributed by atoms with Gasteiger partial charge < -0.3 is 20.9 Å². The van der Waals surface area contributed by atoms with Gasteiger partial charge in [-0.2, -0.15) is 0 Å². The number of hydrogen-bond donors (Lipinski definition) is 2. The highest BCUT2D eigenvalue weighted by atomic mass is 35.5. The van der Waals surface area contributed by atoms with Crippen molar-refractivity contribution in [1.82, 2.24) is 15.1 Å². The zero-order valence-electron chi connectivity index (χ0n) is 22.7. The molecule has 0 spiro atoms. The van der Waals surface area contributed by atoms with Crippen LogP contribution in [0.1, 0.15) is 79.6 Å². The number of benzene rings is 2. The molecule has 3 aliphatic rings. The van der Waals surface area contributed by atoms with Crippen molar-refractivity contribution in [2.24, 2.45) is 11.7 Å². The summed E-state index contributed by atoms with van der Waals surface area (Å²) < 4.78 is 0. The fraction of sp³-hybridized carbons (Fsp3) is 0.516. The van der Waals surface area contributed by atoms with Gasteiger partial charge in [-0.3, -0.25) is 14.4 Å². The summed E-state index contributed by atoms with van der Waals surface area (Å²) in [6.45, 7) is 0.767. The standard InChI is InChI=1S/C31H38Cl2N4O3/c32-25-16-11-22(19-26(25)33)30(39)36-17-6-18-37(29(36)28(38)35-24-14-12-23(34)13-15-24)31(40)27(21-9-4-5-10-21)20-7-2-1-3-8-20/h1-3,7-8,11,16,19,21,23-24,27,29H,4-6,9-10,12-15,17-18,34H2,(H,35,38). The molecular weight excluding hydrogens is 547 g/mol. The fourth-order valence-corrected chi connectivity index (χ4v) is 6.93. The van der Waals surface area contributed by atoms with Crippen molar-refractivity contribution in [1.29, 1.82) is 0 Å². The van der Waals surface area contributed by atoms with Crippen LogP contribution < -0.4 is 11.1 Å². The first-order valence-corrected chi connectivity index (χ1v) is 15.3. The number of nitrogens with two attached hydrogens (primary N) is 1. The molecule has 0 bridgehead atoms. The molecule has 3 N–H and O–H groups in total. The van der Waals surface area contributed by atoms with Gasteiger partial charge >= 0.3 is 0 Å². The van der Waals surface area contributed by atoms with Gasteiger partial charge in [0.1, 0.15) is 0 Å². The summed E-state index contributed by atoms with van der Waals surface area (Å²) in [5.41, 5.74) is 7.39. The predicted octanol–water partition coefficient (Wildman–Crippen LogP) is 5.35. The molecule has 40 heavy (non-hydrogen) atoms. The first-order valence-electron chi connectivity index (χ1n) is 14.5. The highest BCUT2D eigenvalue weighted by molar-refractivity contribution is 6.42. The molecule has 0 radical (unpaired) electrons. The van der Waals surface area contributed by atoms with Crippen LogP contribution >= 0.6 is 23.2 Å². The number of halogens is 2. The van der Waals surface area contributed by atoms with Crippen molar-refractivity contribution < 1.29 is 14.4 Å². The lowest BCUT2D eigenvalue weighted by Gasteiger charge is -2.45. The highest BCUT2D eigenvalue weighted by Crippen LogP contribution is 2.39. The van der Waals surface area contributed by atoms with Crippen LogP contribution in [0, 0.1) is 5.92 Å². The fourth-order valence-electron chi connectivity index (χ4n) is 6.63. The molecule has 1 heterocycles. The van der Waals surface area contributed by atoms with E-state index in [9.17, 15) is 14.4 Å². The Hall–Kier alpha value is -2.61. The van der Waals surface area contributed by atoms with E-state index in [1.165, 1.54) is 11.0 Å². The maximum atomic E-state index is 14.5. The minimum Gasteiger partial charge on any atom is -0.350 e. The molecule has 2 unspecified atom stereocenters. The minimum absolute atomic E-state index is 0.0344. The zero-order valence-corrected chi connectivity index (χ0v) is 24.2. The van der Waals surface area contributed by atoms with E-state index < -0.39 is 6.17 Å². The van der Waals surface area contributed by atoms with Gasteiger partial charge in [0.15, 0.2) is 6.17 Å². The van der Waals surface area contributed by atoms with Crippen LogP contribution in [0.5, 0.6) is 0 Å². The van der Waals surface area contributed by atoms with Crippen molar-refractivity contribution >= 4 is 40.9 Å². The molecule has 5 rings (SSSR count). The molecule has 2 saturated carbocycles. The lowest BCUT2D eigenvalue weighted by atomic mass is 9.83. The second-order valence-corrected chi connectivity index (χ2v) is 12.3. The third-order valence-electron chi connectivity index (χ3n) is 8.75. The number of carbonyl (C=O) groups is 3. The molecular formula is C31H38Cl2N4O3. The third kappa shape index (κ3) is 6.32. The van der Waals surface area contributed by atoms with Gasteiger partial charge in [-0.15, -0.1) is 0 Å². The van der Waals surface area contributed by atoms with Crippen LogP contribution in [0.3, 0.4) is 0 Å². The summed E-state index contributed by atoms with van der Waals surface area (Å²) in [5.74, 6) is -0.902. The molecule has 1 saturated heterocycles. The molecule has 3 amide bonds. The Kier molecular flexibility index (Phi) is 9.34. The van der Waals surface area contributed by atoms with Gasteiger partial charge in [0.2, 0.25) is 5.91 Å². The van der Waals surface area contributed by atoms with E-state index in [4.69, 9.17) is 28.9 Å². The van der Waals surface area contributed by atoms with Crippen molar-refractivity contribution in [2.75, 3.05) is 13.1 Å². The van der Waals surface area contributed by atoms with E-state index in [1.54, 1.807) is 17.0 Å². The van der Waals surface area contributed by atoms with Crippen LogP contribution in [-0.2, 0) is 9.59 Å². The van der Waals surface area contributed by atoms with E-state index in [0.29, 0.717) is 30.1 Å². The number of amides is 3. The molecule has 214 valence electrons. The van der Waals surface area contributed by atoms with Crippen LogP contribution in [0.2, 0.25) is 10.0 Å². The van der Waals surface area contributed by atoms with E-state index in [-0.39, 0.29) is 46.7 Å². The smallest absolute Gasteiger partial charge is 0.264 e. The minimum atomic E-state index is -1.05. The summed E-state index contributed by atoms with van der Waals surface area (Å²) in [6.07, 6.45) is 6.90. The molecule has 2 atom stereocenters. The normalized spacial score (nSPS) is 24.5. The van der Waals surface area contributed by atoms with Gasteiger partial charge in [-0.1, -0.05) is 66.4 Å². The monoisotopic (exact) mass is 584 g/mol. The summed E-state index contributed by atoms with van der Waals surface area (Å²) in [7, 11) is 0. The lowest BCUT2D eigenvalue weighted by Crippen LogP contribution is -2.65. The zero-order chi connectivity index (χ0) is 28.2. The molecule has 1 aliphatic heterocycles. The van der Waals surface area contributed by atoms with Crippen LogP contribution in [0.25, 0.3) is 0 Å². The average molecular weight is 586 g/mol. The quantitative estimate of drug-likeness (QED) is 0.478. The van der Waals surface area contributed by atoms with E-state index in [2.05, 4.69) is 5.32 Å². The van der Waals surface area contributed by atoms with Gasteiger partial charge in [-0.25, -0.2) is 0 Å². The van der Waals surface area contributed by atoms with Crippen molar-refractivity contribution in [3.05, 3.63) is 69.7 Å². The Bertz CT molecular complexity index is 1210. The maximum Gasteiger partial charge on any atom is 0.264 e. The molecule has 9 heteroatoms. The first kappa shape index (κ1) is 28.9. The topological polar surface area (TPSA) is 95.7 Å². The number of hydrogen-bond acceptors (Lipinski definition) is 4. The molecule has 3 fully saturated rings. The van der Waals surface area contributed by atoms with E-state index in [0.717, 1.165) is 56.9 Å². The number of rotatable bonds is 6. The largest absolute Gasteiger partial charge is 0.350 e. The SMILES string of the molecule is NC1CCC(NC(=O)C2N(C(=O)c3ccc(Cl)c(Cl)c3)CCCN2C(=O)C(c2ccccc2)C2CCCC2)CC1. The molecule has 0 aromatic heterocycles. The number of nitrogens with zero attached hydrogens (tertiary/aromatic N) is 2. The Morgan fingerprint density at radius 3 is 2.17 bits per heavy atom. The third-order valence-corrected chi connectivity index (χ3v) is 9.49. The number of carbonyl (C=O) groups excluding carboxylic acids is 3. The van der Waals surface area contributed by atoms with Gasteiger partial charge in [0.05, 0.1) is 16.0 Å². The number of nitrogens with one attached hydrogen (secondary N) is 1. The Balaban J connectivity index is 1.48. The van der Waals surface area contributed by atoms with Crippen LogP contribution in [0.15, 0.2) is 48.5 Å². The Morgan fingerprint density at radius 2 is 1.50 bits per heavy atom. The van der Waals surface area contributed by atoms with E-state index >= 15 is 0 Å². The molecule has 2 aromatic rings. The van der Waals surface area contributed by atoms with Crippen molar-refractivity contribution in [3.8, 4) is 0 Å². The predicted molar refractivity (Wildman–Crippen MR) is 157 cm³/mol. The molecule has 7 nitrogen and oxygen atoms in total. The highest BCUT2D eigenvalue weighted by Gasteiger charge is 2.45. The second-order valence-electron chi connectivity index (χ2n) is 11.4. The summed E-state index contributed by atoms with van der Waals surface area (Å²) in [5, 5.41) is 3.78. The maximum absolute atomic E-state index is 14.5. The Labute approximate surface area is 246 Å². The van der Waals surface area contributed by atoms with Gasteiger partial charge in [0.25, 0.3) is 11.8 Å². The Morgan fingerprint density at radius 1 is 0.825 bits per heavy atom. The van der Waals surface area contributed by atoms with Crippen molar-refractivity contribution in [3.63, 3.8) is 0 Å². The lowest BCUT2D eigenvalue weighted by molar-refractivity contribution is -0.151. The van der Waals surface area contributed by atoms with Gasteiger partial charge in [-0.05, 0) is 74.6 Å².